The summed E-state index contributed by atoms with van der Waals surface area (Å²) in [5.41, 5.74) is 0.756. The van der Waals surface area contributed by atoms with E-state index in [1.54, 1.807) is 6.07 Å². The van der Waals surface area contributed by atoms with Crippen LogP contribution in [0.25, 0.3) is 0 Å². The molecule has 2 aromatic rings. The molecule has 0 unspecified atom stereocenters. The van der Waals surface area contributed by atoms with Crippen LogP contribution < -0.4 is 9.80 Å². The first kappa shape index (κ1) is 17.2. The van der Waals surface area contributed by atoms with Gasteiger partial charge >= 0.3 is 0 Å². The van der Waals surface area contributed by atoms with Crippen LogP contribution in [0.5, 0.6) is 0 Å². The van der Waals surface area contributed by atoms with Crippen molar-refractivity contribution in [3.63, 3.8) is 0 Å². The fourth-order valence-corrected chi connectivity index (χ4v) is 3.43. The quantitative estimate of drug-likeness (QED) is 0.831. The molecular formula is C19H24FN5O. The number of hydrogen-bond acceptors (Lipinski definition) is 6. The monoisotopic (exact) mass is 357 g/mol. The van der Waals surface area contributed by atoms with Gasteiger partial charge in [-0.2, -0.15) is 4.98 Å². The maximum Gasteiger partial charge on any atom is 0.227 e. The van der Waals surface area contributed by atoms with Crippen LogP contribution in [-0.2, 0) is 11.3 Å². The fraction of sp³-hybridized carbons (Fsp3) is 0.474. The number of ether oxygens (including phenoxy) is 1. The highest BCUT2D eigenvalue weighted by Crippen LogP contribution is 2.18. The topological polar surface area (TPSA) is 44.7 Å². The molecule has 2 aliphatic heterocycles. The molecule has 0 atom stereocenters. The molecule has 1 aromatic carbocycles. The van der Waals surface area contributed by atoms with Crippen molar-refractivity contribution < 1.29 is 9.13 Å². The number of hydrogen-bond donors (Lipinski definition) is 0. The van der Waals surface area contributed by atoms with Gasteiger partial charge in [0.1, 0.15) is 11.6 Å². The minimum absolute atomic E-state index is 0.128. The molecule has 1 aromatic heterocycles. The van der Waals surface area contributed by atoms with E-state index in [2.05, 4.69) is 19.7 Å². The molecular weight excluding hydrogens is 333 g/mol. The molecule has 4 rings (SSSR count). The molecule has 2 aliphatic rings. The van der Waals surface area contributed by atoms with Crippen molar-refractivity contribution in [3.8, 4) is 0 Å². The number of rotatable bonds is 4. The first-order valence-corrected chi connectivity index (χ1v) is 9.16. The van der Waals surface area contributed by atoms with Gasteiger partial charge < -0.3 is 14.5 Å². The van der Waals surface area contributed by atoms with E-state index < -0.39 is 0 Å². The minimum atomic E-state index is -0.128. The SMILES string of the molecule is Fc1ccccc1CN1CCN(c2nccc(N3CCOCC3)n2)CC1. The van der Waals surface area contributed by atoms with E-state index >= 15 is 0 Å². The zero-order chi connectivity index (χ0) is 17.8. The van der Waals surface area contributed by atoms with Crippen molar-refractivity contribution in [2.75, 3.05) is 62.3 Å². The molecule has 2 saturated heterocycles. The summed E-state index contributed by atoms with van der Waals surface area (Å²) in [5.74, 6) is 1.61. The van der Waals surface area contributed by atoms with Gasteiger partial charge in [0.2, 0.25) is 5.95 Å². The summed E-state index contributed by atoms with van der Waals surface area (Å²) in [4.78, 5) is 15.9. The Hall–Kier alpha value is -2.25. The highest BCUT2D eigenvalue weighted by Gasteiger charge is 2.21. The lowest BCUT2D eigenvalue weighted by Crippen LogP contribution is -2.46. The largest absolute Gasteiger partial charge is 0.378 e. The van der Waals surface area contributed by atoms with Crippen LogP contribution in [0.3, 0.4) is 0 Å². The zero-order valence-corrected chi connectivity index (χ0v) is 14.9. The van der Waals surface area contributed by atoms with E-state index in [0.29, 0.717) is 6.54 Å². The molecule has 0 saturated carbocycles. The lowest BCUT2D eigenvalue weighted by Gasteiger charge is -2.35. The van der Waals surface area contributed by atoms with Crippen molar-refractivity contribution in [2.45, 2.75) is 6.54 Å². The lowest BCUT2D eigenvalue weighted by molar-refractivity contribution is 0.122. The zero-order valence-electron chi connectivity index (χ0n) is 14.9. The van der Waals surface area contributed by atoms with Gasteiger partial charge in [0.15, 0.2) is 0 Å². The summed E-state index contributed by atoms with van der Waals surface area (Å²) in [6.45, 7) is 7.32. The Morgan fingerprint density at radius 1 is 0.923 bits per heavy atom. The maximum absolute atomic E-state index is 13.8. The predicted octanol–water partition coefficient (Wildman–Crippen LogP) is 1.77. The standard InChI is InChI=1S/C19H24FN5O/c20-17-4-2-1-3-16(17)15-23-7-9-25(10-8-23)19-21-6-5-18(22-19)24-11-13-26-14-12-24/h1-6H,7-15H2. The molecule has 6 nitrogen and oxygen atoms in total. The second kappa shape index (κ2) is 7.97. The number of halogens is 1. The van der Waals surface area contributed by atoms with Gasteiger partial charge in [0.05, 0.1) is 13.2 Å². The summed E-state index contributed by atoms with van der Waals surface area (Å²) in [7, 11) is 0. The third kappa shape index (κ3) is 3.94. The van der Waals surface area contributed by atoms with Gasteiger partial charge in [-0.15, -0.1) is 0 Å². The van der Waals surface area contributed by atoms with Gasteiger partial charge in [-0.1, -0.05) is 18.2 Å². The van der Waals surface area contributed by atoms with E-state index in [-0.39, 0.29) is 5.82 Å². The van der Waals surface area contributed by atoms with Crippen molar-refractivity contribution in [1.82, 2.24) is 14.9 Å². The number of nitrogens with zero attached hydrogens (tertiary/aromatic N) is 5. The van der Waals surface area contributed by atoms with Gasteiger partial charge in [-0.05, 0) is 12.1 Å². The number of benzene rings is 1. The first-order valence-electron chi connectivity index (χ1n) is 9.16. The third-order valence-corrected chi connectivity index (χ3v) is 4.97. The van der Waals surface area contributed by atoms with E-state index in [9.17, 15) is 4.39 Å². The molecule has 0 aliphatic carbocycles. The summed E-state index contributed by atoms with van der Waals surface area (Å²) >= 11 is 0. The molecule has 0 radical (unpaired) electrons. The van der Waals surface area contributed by atoms with E-state index in [1.165, 1.54) is 6.07 Å². The van der Waals surface area contributed by atoms with Crippen LogP contribution in [-0.4, -0.2) is 67.4 Å². The average Bonchev–Trinajstić information content (AvgIpc) is 2.71. The van der Waals surface area contributed by atoms with Crippen molar-refractivity contribution in [1.29, 1.82) is 0 Å². The molecule has 0 N–H and O–H groups in total. The van der Waals surface area contributed by atoms with Gasteiger partial charge in [-0.25, -0.2) is 9.37 Å². The van der Waals surface area contributed by atoms with Crippen molar-refractivity contribution >= 4 is 11.8 Å². The minimum Gasteiger partial charge on any atom is -0.378 e. The van der Waals surface area contributed by atoms with E-state index in [1.807, 2.05) is 24.4 Å². The van der Waals surface area contributed by atoms with Crippen molar-refractivity contribution in [2.24, 2.45) is 0 Å². The molecule has 26 heavy (non-hydrogen) atoms. The molecule has 3 heterocycles. The highest BCUT2D eigenvalue weighted by molar-refractivity contribution is 5.44. The number of aromatic nitrogens is 2. The summed E-state index contributed by atoms with van der Waals surface area (Å²) in [5, 5.41) is 0. The smallest absolute Gasteiger partial charge is 0.227 e. The Morgan fingerprint density at radius 2 is 1.69 bits per heavy atom. The second-order valence-corrected chi connectivity index (χ2v) is 6.67. The van der Waals surface area contributed by atoms with E-state index in [0.717, 1.165) is 69.8 Å². The van der Waals surface area contributed by atoms with Crippen LogP contribution in [0.2, 0.25) is 0 Å². The number of anilines is 2. The van der Waals surface area contributed by atoms with Crippen LogP contribution >= 0.6 is 0 Å². The van der Waals surface area contributed by atoms with Gasteiger partial charge in [0.25, 0.3) is 0 Å². The van der Waals surface area contributed by atoms with Gasteiger partial charge in [0, 0.05) is 57.6 Å². The molecule has 0 spiro atoms. The maximum atomic E-state index is 13.8. The number of morpholine rings is 1. The third-order valence-electron chi connectivity index (χ3n) is 4.97. The Labute approximate surface area is 153 Å². The summed E-state index contributed by atoms with van der Waals surface area (Å²) in [6.07, 6.45) is 1.83. The molecule has 7 heteroatoms. The van der Waals surface area contributed by atoms with Gasteiger partial charge in [-0.3, -0.25) is 4.90 Å². The van der Waals surface area contributed by atoms with Crippen LogP contribution in [0.15, 0.2) is 36.5 Å². The molecule has 138 valence electrons. The lowest BCUT2D eigenvalue weighted by atomic mass is 10.2. The first-order chi connectivity index (χ1) is 12.8. The second-order valence-electron chi connectivity index (χ2n) is 6.67. The Bertz CT molecular complexity index is 729. The summed E-state index contributed by atoms with van der Waals surface area (Å²) in [6, 6.07) is 8.96. The molecule has 0 amide bonds. The Kier molecular flexibility index (Phi) is 5.26. The normalized spacial score (nSPS) is 19.0. The van der Waals surface area contributed by atoms with Crippen LogP contribution in [0, 0.1) is 5.82 Å². The van der Waals surface area contributed by atoms with Crippen LogP contribution in [0.1, 0.15) is 5.56 Å². The predicted molar refractivity (Wildman–Crippen MR) is 99.0 cm³/mol. The molecule has 0 bridgehead atoms. The summed E-state index contributed by atoms with van der Waals surface area (Å²) < 4.78 is 19.2. The van der Waals surface area contributed by atoms with Crippen molar-refractivity contribution in [3.05, 3.63) is 47.9 Å². The Balaban J connectivity index is 1.36. The average molecular weight is 357 g/mol. The fourth-order valence-electron chi connectivity index (χ4n) is 3.43. The number of piperazine rings is 1. The van der Waals surface area contributed by atoms with Crippen LogP contribution in [0.4, 0.5) is 16.2 Å². The highest BCUT2D eigenvalue weighted by atomic mass is 19.1. The Morgan fingerprint density at radius 3 is 2.46 bits per heavy atom. The van der Waals surface area contributed by atoms with E-state index in [4.69, 9.17) is 9.72 Å². The molecule has 2 fully saturated rings.